The summed E-state index contributed by atoms with van der Waals surface area (Å²) in [6.45, 7) is 2.19. The summed E-state index contributed by atoms with van der Waals surface area (Å²) in [5, 5.41) is 1.00. The zero-order chi connectivity index (χ0) is 22.0. The smallest absolute Gasteiger partial charge is 0.159 e. The van der Waals surface area contributed by atoms with E-state index in [1.54, 1.807) is 18.2 Å². The highest BCUT2D eigenvalue weighted by molar-refractivity contribution is 5.84. The summed E-state index contributed by atoms with van der Waals surface area (Å²) in [7, 11) is 0. The van der Waals surface area contributed by atoms with Crippen molar-refractivity contribution in [3.63, 3.8) is 0 Å². The molecule has 1 saturated carbocycles. The quantitative estimate of drug-likeness (QED) is 0.296. The lowest BCUT2D eigenvalue weighted by molar-refractivity contribution is 0.307. The maximum absolute atomic E-state index is 14.7. The van der Waals surface area contributed by atoms with E-state index >= 15 is 0 Å². The normalized spacial score (nSPS) is 18.6. The molecule has 0 nitrogen and oxygen atoms in total. The van der Waals surface area contributed by atoms with Crippen molar-refractivity contribution in [3.8, 4) is 11.8 Å². The van der Waals surface area contributed by atoms with Gasteiger partial charge in [-0.3, -0.25) is 0 Å². The van der Waals surface area contributed by atoms with E-state index in [1.165, 1.54) is 25.0 Å². The highest BCUT2D eigenvalue weighted by atomic mass is 19.2. The van der Waals surface area contributed by atoms with Crippen LogP contribution in [-0.4, -0.2) is 0 Å². The Morgan fingerprint density at radius 1 is 0.742 bits per heavy atom. The second-order valence-electron chi connectivity index (χ2n) is 8.44. The molecule has 0 saturated heterocycles. The van der Waals surface area contributed by atoms with Crippen molar-refractivity contribution in [2.45, 2.75) is 51.4 Å². The Bertz CT molecular complexity index is 1140. The molecule has 4 rings (SSSR count). The molecule has 0 unspecified atom stereocenters. The molecule has 0 atom stereocenters. The van der Waals surface area contributed by atoms with Crippen molar-refractivity contribution in [1.29, 1.82) is 0 Å². The molecule has 1 aliphatic rings. The number of hydrogen-bond donors (Lipinski definition) is 0. The average molecular weight is 424 g/mol. The van der Waals surface area contributed by atoms with E-state index in [1.807, 2.05) is 0 Å². The van der Waals surface area contributed by atoms with E-state index in [0.717, 1.165) is 43.7 Å². The van der Waals surface area contributed by atoms with Crippen LogP contribution in [0.4, 0.5) is 17.6 Å². The van der Waals surface area contributed by atoms with Gasteiger partial charge in [0.2, 0.25) is 0 Å². The molecule has 3 aromatic rings. The molecule has 0 aromatic heterocycles. The van der Waals surface area contributed by atoms with Crippen LogP contribution in [0.2, 0.25) is 0 Å². The van der Waals surface area contributed by atoms with Crippen LogP contribution in [0.25, 0.3) is 10.8 Å². The number of hydrogen-bond acceptors (Lipinski definition) is 0. The van der Waals surface area contributed by atoms with Gasteiger partial charge in [0.1, 0.15) is 11.6 Å². The van der Waals surface area contributed by atoms with Gasteiger partial charge in [-0.15, -0.1) is 0 Å². The van der Waals surface area contributed by atoms with E-state index < -0.39 is 23.3 Å². The van der Waals surface area contributed by atoms with Crippen LogP contribution in [0.1, 0.15) is 68.1 Å². The molecular formula is C27H24F4. The Balaban J connectivity index is 1.56. The van der Waals surface area contributed by atoms with Gasteiger partial charge in [0.25, 0.3) is 0 Å². The van der Waals surface area contributed by atoms with Gasteiger partial charge in [0, 0.05) is 5.56 Å². The van der Waals surface area contributed by atoms with Crippen LogP contribution in [0.3, 0.4) is 0 Å². The maximum atomic E-state index is 14.7. The first kappa shape index (κ1) is 21.4. The lowest BCUT2D eigenvalue weighted by Gasteiger charge is -2.28. The van der Waals surface area contributed by atoms with Crippen molar-refractivity contribution in [2.24, 2.45) is 5.92 Å². The average Bonchev–Trinajstić information content (AvgIpc) is 2.75. The fourth-order valence-corrected chi connectivity index (χ4v) is 4.60. The van der Waals surface area contributed by atoms with Gasteiger partial charge in [-0.2, -0.15) is 0 Å². The molecule has 31 heavy (non-hydrogen) atoms. The van der Waals surface area contributed by atoms with Gasteiger partial charge < -0.3 is 0 Å². The number of benzene rings is 3. The summed E-state index contributed by atoms with van der Waals surface area (Å²) in [5.74, 6) is 3.04. The highest BCUT2D eigenvalue weighted by Crippen LogP contribution is 2.38. The van der Waals surface area contributed by atoms with Gasteiger partial charge in [-0.05, 0) is 90.3 Å². The summed E-state index contributed by atoms with van der Waals surface area (Å²) < 4.78 is 56.2. The van der Waals surface area contributed by atoms with Crippen LogP contribution in [0.15, 0.2) is 42.5 Å². The first-order valence-corrected chi connectivity index (χ1v) is 10.8. The monoisotopic (exact) mass is 424 g/mol. The fraction of sp³-hybridized carbons (Fsp3) is 0.333. The topological polar surface area (TPSA) is 0 Å². The SMILES string of the molecule is CCCC1CCC(c2cc(F)c(C#Cc3ccc4cc(F)c(F)cc4c3)c(F)c2)CC1. The first-order chi connectivity index (χ1) is 14.9. The molecule has 0 N–H and O–H groups in total. The Morgan fingerprint density at radius 2 is 1.39 bits per heavy atom. The minimum atomic E-state index is -0.950. The zero-order valence-electron chi connectivity index (χ0n) is 17.5. The summed E-state index contributed by atoms with van der Waals surface area (Å²) >= 11 is 0. The molecule has 4 heteroatoms. The number of fused-ring (bicyclic) bond motifs is 1. The van der Waals surface area contributed by atoms with E-state index in [-0.39, 0.29) is 11.5 Å². The van der Waals surface area contributed by atoms with Crippen LogP contribution < -0.4 is 0 Å². The van der Waals surface area contributed by atoms with Crippen LogP contribution in [0, 0.1) is 41.0 Å². The lowest BCUT2D eigenvalue weighted by atomic mass is 9.77. The van der Waals surface area contributed by atoms with Gasteiger partial charge >= 0.3 is 0 Å². The summed E-state index contributed by atoms with van der Waals surface area (Å²) in [6, 6.07) is 9.81. The van der Waals surface area contributed by atoms with Gasteiger partial charge in [0.15, 0.2) is 11.6 Å². The van der Waals surface area contributed by atoms with Crippen molar-refractivity contribution in [2.75, 3.05) is 0 Å². The predicted octanol–water partition coefficient (Wildman–Crippen LogP) is 7.87. The van der Waals surface area contributed by atoms with Gasteiger partial charge in [-0.25, -0.2) is 17.6 Å². The van der Waals surface area contributed by atoms with Gasteiger partial charge in [-0.1, -0.05) is 37.7 Å². The summed E-state index contributed by atoms with van der Waals surface area (Å²) in [4.78, 5) is 0. The molecule has 160 valence electrons. The molecular weight excluding hydrogens is 400 g/mol. The molecule has 3 aromatic carbocycles. The largest absolute Gasteiger partial charge is 0.206 e. The minimum absolute atomic E-state index is 0.190. The third-order valence-electron chi connectivity index (χ3n) is 6.29. The van der Waals surface area contributed by atoms with E-state index in [2.05, 4.69) is 18.8 Å². The number of rotatable bonds is 3. The molecule has 0 spiro atoms. The molecule has 1 fully saturated rings. The van der Waals surface area contributed by atoms with Crippen LogP contribution in [0.5, 0.6) is 0 Å². The Hall–Kier alpha value is -2.80. The lowest BCUT2D eigenvalue weighted by Crippen LogP contribution is -2.13. The highest BCUT2D eigenvalue weighted by Gasteiger charge is 2.23. The second-order valence-corrected chi connectivity index (χ2v) is 8.44. The van der Waals surface area contributed by atoms with Crippen LogP contribution in [-0.2, 0) is 0 Å². The van der Waals surface area contributed by atoms with Crippen molar-refractivity contribution < 1.29 is 17.6 Å². The summed E-state index contributed by atoms with van der Waals surface area (Å²) in [6.07, 6.45) is 6.53. The predicted molar refractivity (Wildman–Crippen MR) is 116 cm³/mol. The van der Waals surface area contributed by atoms with Crippen molar-refractivity contribution >= 4 is 10.8 Å². The standard InChI is InChI=1S/C27H24F4/c1-2-3-17-4-8-19(9-5-17)22-14-24(28)23(25(29)15-22)11-7-18-6-10-20-13-26(30)27(31)16-21(20)12-18/h6,10,12-17,19H,2-5,8-9H2,1H3. The molecule has 0 radical (unpaired) electrons. The first-order valence-electron chi connectivity index (χ1n) is 10.8. The second kappa shape index (κ2) is 9.14. The Morgan fingerprint density at radius 3 is 2.03 bits per heavy atom. The van der Waals surface area contributed by atoms with E-state index in [9.17, 15) is 17.6 Å². The number of halogens is 4. The molecule has 0 amide bonds. The maximum Gasteiger partial charge on any atom is 0.159 e. The summed E-state index contributed by atoms with van der Waals surface area (Å²) in [5.41, 5.74) is 0.906. The molecule has 0 heterocycles. The molecule has 1 aliphatic carbocycles. The van der Waals surface area contributed by atoms with Crippen molar-refractivity contribution in [3.05, 3.63) is 82.4 Å². The minimum Gasteiger partial charge on any atom is -0.206 e. The Kier molecular flexibility index (Phi) is 6.32. The Labute approximate surface area is 180 Å². The molecule has 0 aliphatic heterocycles. The zero-order valence-corrected chi connectivity index (χ0v) is 17.5. The molecule has 0 bridgehead atoms. The van der Waals surface area contributed by atoms with E-state index in [4.69, 9.17) is 0 Å². The third-order valence-corrected chi connectivity index (χ3v) is 6.29. The third kappa shape index (κ3) is 4.77. The van der Waals surface area contributed by atoms with Gasteiger partial charge in [0.05, 0.1) is 5.56 Å². The van der Waals surface area contributed by atoms with Crippen LogP contribution >= 0.6 is 0 Å². The fourth-order valence-electron chi connectivity index (χ4n) is 4.60. The van der Waals surface area contributed by atoms with E-state index in [0.29, 0.717) is 21.9 Å². The van der Waals surface area contributed by atoms with Crippen molar-refractivity contribution in [1.82, 2.24) is 0 Å².